The number of aryl methyl sites for hydroxylation is 1. The summed E-state index contributed by atoms with van der Waals surface area (Å²) >= 11 is 0. The number of benzene rings is 2. The van der Waals surface area contributed by atoms with Gasteiger partial charge in [0.1, 0.15) is 0 Å². The SMILES string of the molecule is Cn1c2c(c3ccccc31)=CC(N(C1=CC=CCC1)c1ccccc1)CC=2. The highest BCUT2D eigenvalue weighted by Crippen LogP contribution is 2.29. The van der Waals surface area contributed by atoms with Crippen LogP contribution in [0.3, 0.4) is 0 Å². The fourth-order valence-corrected chi connectivity index (χ4v) is 4.49. The third-order valence-electron chi connectivity index (χ3n) is 5.77. The third kappa shape index (κ3) is 2.73. The van der Waals surface area contributed by atoms with Crippen molar-refractivity contribution in [2.24, 2.45) is 7.05 Å². The summed E-state index contributed by atoms with van der Waals surface area (Å²) in [6.07, 6.45) is 14.9. The molecule has 0 amide bonds. The summed E-state index contributed by atoms with van der Waals surface area (Å²) in [5, 5.41) is 4.07. The molecule has 1 heterocycles. The van der Waals surface area contributed by atoms with Gasteiger partial charge in [0.25, 0.3) is 0 Å². The molecule has 2 aliphatic carbocycles. The van der Waals surface area contributed by atoms with Crippen LogP contribution in [0.2, 0.25) is 0 Å². The fourth-order valence-electron chi connectivity index (χ4n) is 4.49. The van der Waals surface area contributed by atoms with Gasteiger partial charge in [-0.15, -0.1) is 0 Å². The molecule has 2 nitrogen and oxygen atoms in total. The number of rotatable bonds is 3. The van der Waals surface area contributed by atoms with Gasteiger partial charge in [-0.3, -0.25) is 0 Å². The van der Waals surface area contributed by atoms with Crippen LogP contribution >= 0.6 is 0 Å². The maximum Gasteiger partial charge on any atom is 0.0564 e. The predicted octanol–water partition coefficient (Wildman–Crippen LogP) is 4.25. The van der Waals surface area contributed by atoms with Crippen molar-refractivity contribution in [2.45, 2.75) is 25.3 Å². The lowest BCUT2D eigenvalue weighted by atomic mass is 10.00. The molecule has 3 aromatic rings. The number of anilines is 1. The van der Waals surface area contributed by atoms with E-state index in [1.165, 1.54) is 32.9 Å². The monoisotopic (exact) mass is 352 g/mol. The number of para-hydroxylation sites is 2. The molecule has 0 spiro atoms. The number of fused-ring (bicyclic) bond motifs is 3. The van der Waals surface area contributed by atoms with Gasteiger partial charge in [-0.1, -0.05) is 60.7 Å². The highest BCUT2D eigenvalue weighted by molar-refractivity contribution is 5.83. The number of aromatic nitrogens is 1. The summed E-state index contributed by atoms with van der Waals surface area (Å²) in [4.78, 5) is 2.53. The molecule has 1 unspecified atom stereocenters. The molecule has 1 atom stereocenters. The van der Waals surface area contributed by atoms with Crippen LogP contribution in [-0.4, -0.2) is 10.6 Å². The Balaban J connectivity index is 1.68. The van der Waals surface area contributed by atoms with Gasteiger partial charge < -0.3 is 9.47 Å². The number of hydrogen-bond acceptors (Lipinski definition) is 1. The van der Waals surface area contributed by atoms with Gasteiger partial charge in [-0.2, -0.15) is 0 Å². The second kappa shape index (κ2) is 6.62. The van der Waals surface area contributed by atoms with Gasteiger partial charge in [0, 0.05) is 39.9 Å². The number of hydrogen-bond donors (Lipinski definition) is 0. The van der Waals surface area contributed by atoms with E-state index >= 15 is 0 Å². The lowest BCUT2D eigenvalue weighted by Crippen LogP contribution is -2.40. The second-order valence-electron chi connectivity index (χ2n) is 7.38. The first-order chi connectivity index (χ1) is 13.3. The molecule has 2 heteroatoms. The summed E-state index contributed by atoms with van der Waals surface area (Å²) in [7, 11) is 2.18. The molecule has 1 aromatic heterocycles. The Hall–Kier alpha value is -3.00. The Labute approximate surface area is 160 Å². The van der Waals surface area contributed by atoms with E-state index in [0.717, 1.165) is 19.3 Å². The van der Waals surface area contributed by atoms with Crippen LogP contribution < -0.4 is 15.5 Å². The van der Waals surface area contributed by atoms with Crippen LogP contribution in [-0.2, 0) is 7.05 Å². The molecule has 0 fully saturated rings. The van der Waals surface area contributed by atoms with Crippen LogP contribution in [0.25, 0.3) is 23.1 Å². The van der Waals surface area contributed by atoms with E-state index in [-0.39, 0.29) is 0 Å². The van der Waals surface area contributed by atoms with E-state index in [2.05, 4.69) is 101 Å². The van der Waals surface area contributed by atoms with Crippen molar-refractivity contribution in [3.05, 3.63) is 89.1 Å². The quantitative estimate of drug-likeness (QED) is 0.684. The van der Waals surface area contributed by atoms with E-state index in [0.29, 0.717) is 6.04 Å². The molecule has 0 bridgehead atoms. The Kier molecular flexibility index (Phi) is 3.97. The van der Waals surface area contributed by atoms with Crippen molar-refractivity contribution in [3.63, 3.8) is 0 Å². The molecule has 5 rings (SSSR count). The third-order valence-corrected chi connectivity index (χ3v) is 5.77. The van der Waals surface area contributed by atoms with E-state index in [1.54, 1.807) is 0 Å². The predicted molar refractivity (Wildman–Crippen MR) is 115 cm³/mol. The molecule has 2 aromatic carbocycles. The summed E-state index contributed by atoms with van der Waals surface area (Å²) < 4.78 is 2.33. The fraction of sp³-hybridized carbons (Fsp3) is 0.200. The largest absolute Gasteiger partial charge is 0.344 e. The van der Waals surface area contributed by atoms with Crippen molar-refractivity contribution in [2.75, 3.05) is 4.90 Å². The van der Waals surface area contributed by atoms with Crippen molar-refractivity contribution in [1.82, 2.24) is 4.57 Å². The minimum absolute atomic E-state index is 0.337. The highest BCUT2D eigenvalue weighted by Gasteiger charge is 2.23. The van der Waals surface area contributed by atoms with Crippen LogP contribution in [0.5, 0.6) is 0 Å². The first kappa shape index (κ1) is 16.2. The zero-order chi connectivity index (χ0) is 18.2. The minimum atomic E-state index is 0.337. The lowest BCUT2D eigenvalue weighted by molar-refractivity contribution is 0.751. The van der Waals surface area contributed by atoms with Gasteiger partial charge in [-0.25, -0.2) is 0 Å². The first-order valence-corrected chi connectivity index (χ1v) is 9.78. The first-order valence-electron chi connectivity index (χ1n) is 9.78. The number of allylic oxidation sites excluding steroid dienone is 4. The molecule has 0 aliphatic heterocycles. The van der Waals surface area contributed by atoms with Crippen molar-refractivity contribution >= 4 is 28.7 Å². The minimum Gasteiger partial charge on any atom is -0.344 e. The van der Waals surface area contributed by atoms with Gasteiger partial charge >= 0.3 is 0 Å². The molecular formula is C25H24N2. The van der Waals surface area contributed by atoms with E-state index in [9.17, 15) is 0 Å². The van der Waals surface area contributed by atoms with Crippen LogP contribution in [0.15, 0.2) is 78.5 Å². The van der Waals surface area contributed by atoms with E-state index in [4.69, 9.17) is 0 Å². The summed E-state index contributed by atoms with van der Waals surface area (Å²) in [6.45, 7) is 0. The Bertz CT molecular complexity index is 1160. The maximum absolute atomic E-state index is 2.53. The maximum atomic E-state index is 2.53. The van der Waals surface area contributed by atoms with Crippen LogP contribution in [0.1, 0.15) is 19.3 Å². The summed E-state index contributed by atoms with van der Waals surface area (Å²) in [5.41, 5.74) is 3.99. The van der Waals surface area contributed by atoms with Crippen molar-refractivity contribution in [3.8, 4) is 0 Å². The normalized spacial score (nSPS) is 18.4. The molecule has 0 saturated carbocycles. The highest BCUT2D eigenvalue weighted by atomic mass is 15.2. The molecule has 0 radical (unpaired) electrons. The molecule has 0 saturated heterocycles. The van der Waals surface area contributed by atoms with E-state index in [1.807, 2.05) is 0 Å². The zero-order valence-electron chi connectivity index (χ0n) is 15.7. The second-order valence-corrected chi connectivity index (χ2v) is 7.38. The molecule has 0 N–H and O–H groups in total. The summed E-state index contributed by atoms with van der Waals surface area (Å²) in [5.74, 6) is 0. The van der Waals surface area contributed by atoms with Gasteiger partial charge in [-0.05, 0) is 43.5 Å². The molecule has 2 aliphatic rings. The smallest absolute Gasteiger partial charge is 0.0564 e. The average molecular weight is 352 g/mol. The van der Waals surface area contributed by atoms with Gasteiger partial charge in [0.15, 0.2) is 0 Å². The van der Waals surface area contributed by atoms with E-state index < -0.39 is 0 Å². The Morgan fingerprint density at radius 1 is 1.00 bits per heavy atom. The lowest BCUT2D eigenvalue weighted by Gasteiger charge is -2.35. The van der Waals surface area contributed by atoms with Crippen LogP contribution in [0, 0.1) is 0 Å². The number of nitrogens with zero attached hydrogens (tertiary/aromatic N) is 2. The molecule has 27 heavy (non-hydrogen) atoms. The van der Waals surface area contributed by atoms with Crippen LogP contribution in [0.4, 0.5) is 5.69 Å². The van der Waals surface area contributed by atoms with Gasteiger partial charge in [0.2, 0.25) is 0 Å². The molecular weight excluding hydrogens is 328 g/mol. The van der Waals surface area contributed by atoms with Crippen molar-refractivity contribution < 1.29 is 0 Å². The average Bonchev–Trinajstić information content (AvgIpc) is 3.02. The Morgan fingerprint density at radius 2 is 1.81 bits per heavy atom. The van der Waals surface area contributed by atoms with Crippen molar-refractivity contribution in [1.29, 1.82) is 0 Å². The standard InChI is InChI=1S/C25H24N2/c1-26-24-15-9-8-14-22(24)23-18-21(16-17-25(23)26)27(19-10-4-2-5-11-19)20-12-6-3-7-13-20/h2-6,8-12,14-15,17-18,21H,7,13,16H2,1H3. The zero-order valence-corrected chi connectivity index (χ0v) is 15.7. The summed E-state index contributed by atoms with van der Waals surface area (Å²) in [6, 6.07) is 19.9. The Morgan fingerprint density at radius 3 is 2.63 bits per heavy atom. The molecule has 134 valence electrons. The van der Waals surface area contributed by atoms with Gasteiger partial charge in [0.05, 0.1) is 6.04 Å². The topological polar surface area (TPSA) is 8.17 Å².